The van der Waals surface area contributed by atoms with Crippen LogP contribution in [-0.2, 0) is 23.9 Å². The molecule has 3 rings (SSSR count). The summed E-state index contributed by atoms with van der Waals surface area (Å²) in [7, 11) is 0. The smallest absolute Gasteiger partial charge is 0.350 e. The van der Waals surface area contributed by atoms with Crippen LogP contribution < -0.4 is 10.6 Å². The van der Waals surface area contributed by atoms with E-state index in [9.17, 15) is 22.8 Å². The van der Waals surface area contributed by atoms with Crippen LogP contribution in [0.4, 0.5) is 13.2 Å². The van der Waals surface area contributed by atoms with Crippen molar-refractivity contribution in [2.45, 2.75) is 25.2 Å². The van der Waals surface area contributed by atoms with Crippen LogP contribution in [0.2, 0.25) is 0 Å². The maximum absolute atomic E-state index is 12.8. The molecule has 0 radical (unpaired) electrons. The third kappa shape index (κ3) is 6.44. The standard InChI is InChI=1S/C24H21F3N2O2/c25-24(26,27)20-13-11-18(12-14-20)16-28-23(31)21(15-17-7-3-1-4-8-17)29-22(30)19-9-5-2-6-10-19/h1-14,21H,15-16H2,(H,28,31)(H,29,30). The van der Waals surface area contributed by atoms with Gasteiger partial charge in [-0.3, -0.25) is 9.59 Å². The van der Waals surface area contributed by atoms with Gasteiger partial charge < -0.3 is 10.6 Å². The van der Waals surface area contributed by atoms with E-state index in [0.29, 0.717) is 11.1 Å². The van der Waals surface area contributed by atoms with E-state index in [1.165, 1.54) is 12.1 Å². The van der Waals surface area contributed by atoms with Gasteiger partial charge in [-0.15, -0.1) is 0 Å². The molecular weight excluding hydrogens is 405 g/mol. The van der Waals surface area contributed by atoms with Crippen LogP contribution in [0.3, 0.4) is 0 Å². The van der Waals surface area contributed by atoms with Gasteiger partial charge in [-0.05, 0) is 35.4 Å². The van der Waals surface area contributed by atoms with Crippen molar-refractivity contribution in [3.63, 3.8) is 0 Å². The monoisotopic (exact) mass is 426 g/mol. The largest absolute Gasteiger partial charge is 0.416 e. The lowest BCUT2D eigenvalue weighted by molar-refractivity contribution is -0.137. The van der Waals surface area contributed by atoms with E-state index < -0.39 is 23.7 Å². The average Bonchev–Trinajstić information content (AvgIpc) is 2.78. The van der Waals surface area contributed by atoms with Gasteiger partial charge in [-0.2, -0.15) is 13.2 Å². The van der Waals surface area contributed by atoms with E-state index >= 15 is 0 Å². The van der Waals surface area contributed by atoms with Crippen molar-refractivity contribution in [1.82, 2.24) is 10.6 Å². The Morgan fingerprint density at radius 2 is 1.35 bits per heavy atom. The number of rotatable bonds is 7. The van der Waals surface area contributed by atoms with E-state index in [4.69, 9.17) is 0 Å². The SMILES string of the molecule is O=C(NC(Cc1ccccc1)C(=O)NCc1ccc(C(F)(F)F)cc1)c1ccccc1. The molecule has 2 N–H and O–H groups in total. The highest BCUT2D eigenvalue weighted by molar-refractivity contribution is 5.97. The van der Waals surface area contributed by atoms with E-state index in [1.807, 2.05) is 30.3 Å². The Balaban J connectivity index is 1.68. The fourth-order valence-corrected chi connectivity index (χ4v) is 3.01. The van der Waals surface area contributed by atoms with Crippen molar-refractivity contribution >= 4 is 11.8 Å². The zero-order valence-corrected chi connectivity index (χ0v) is 16.5. The Labute approximate surface area is 178 Å². The molecule has 0 aliphatic rings. The summed E-state index contributed by atoms with van der Waals surface area (Å²) >= 11 is 0. The molecule has 0 spiro atoms. The maximum Gasteiger partial charge on any atom is 0.416 e. The summed E-state index contributed by atoms with van der Waals surface area (Å²) in [5.74, 6) is -0.806. The Bertz CT molecular complexity index is 1000. The first kappa shape index (κ1) is 22.1. The number of halogens is 3. The van der Waals surface area contributed by atoms with Gasteiger partial charge in [0.25, 0.3) is 5.91 Å². The van der Waals surface area contributed by atoms with Gasteiger partial charge in [0.15, 0.2) is 0 Å². The molecule has 3 aromatic rings. The molecule has 0 saturated carbocycles. The van der Waals surface area contributed by atoms with Crippen LogP contribution in [0.15, 0.2) is 84.9 Å². The summed E-state index contributed by atoms with van der Waals surface area (Å²) < 4.78 is 38.1. The highest BCUT2D eigenvalue weighted by atomic mass is 19.4. The second-order valence-electron chi connectivity index (χ2n) is 6.99. The normalized spacial score (nSPS) is 12.1. The predicted molar refractivity (Wildman–Crippen MR) is 111 cm³/mol. The van der Waals surface area contributed by atoms with Gasteiger partial charge in [-0.1, -0.05) is 60.7 Å². The lowest BCUT2D eigenvalue weighted by atomic mass is 10.0. The zero-order valence-electron chi connectivity index (χ0n) is 16.5. The van der Waals surface area contributed by atoms with Crippen LogP contribution in [0, 0.1) is 0 Å². The lowest BCUT2D eigenvalue weighted by Crippen LogP contribution is -2.47. The van der Waals surface area contributed by atoms with Crippen LogP contribution in [0.25, 0.3) is 0 Å². The van der Waals surface area contributed by atoms with E-state index in [1.54, 1.807) is 30.3 Å². The highest BCUT2D eigenvalue weighted by Gasteiger charge is 2.30. The second kappa shape index (κ2) is 9.93. The first-order valence-electron chi connectivity index (χ1n) is 9.66. The molecule has 0 fully saturated rings. The maximum atomic E-state index is 12.8. The minimum absolute atomic E-state index is 0.0451. The molecule has 0 heterocycles. The molecule has 7 heteroatoms. The van der Waals surface area contributed by atoms with E-state index in [0.717, 1.165) is 17.7 Å². The Hall–Kier alpha value is -3.61. The molecule has 0 aliphatic heterocycles. The molecule has 2 amide bonds. The number of carbonyl (C=O) groups is 2. The summed E-state index contributed by atoms with van der Waals surface area (Å²) in [5, 5.41) is 5.45. The summed E-state index contributed by atoms with van der Waals surface area (Å²) in [6, 6.07) is 21.5. The van der Waals surface area contributed by atoms with Gasteiger partial charge in [0.1, 0.15) is 6.04 Å². The minimum atomic E-state index is -4.41. The Kier molecular flexibility index (Phi) is 7.07. The summed E-state index contributed by atoms with van der Waals surface area (Å²) in [5.41, 5.74) is 1.07. The topological polar surface area (TPSA) is 58.2 Å². The predicted octanol–water partition coefficient (Wildman–Crippen LogP) is 4.36. The van der Waals surface area contributed by atoms with Crippen molar-refractivity contribution in [1.29, 1.82) is 0 Å². The molecular formula is C24H21F3N2O2. The molecule has 0 saturated heterocycles. The molecule has 0 bridgehead atoms. The van der Waals surface area contributed by atoms with Crippen LogP contribution in [0.1, 0.15) is 27.0 Å². The van der Waals surface area contributed by atoms with Crippen molar-refractivity contribution in [2.75, 3.05) is 0 Å². The number of hydrogen-bond donors (Lipinski definition) is 2. The molecule has 4 nitrogen and oxygen atoms in total. The number of amides is 2. The van der Waals surface area contributed by atoms with Gasteiger partial charge in [-0.25, -0.2) is 0 Å². The van der Waals surface area contributed by atoms with Crippen molar-refractivity contribution in [2.24, 2.45) is 0 Å². The van der Waals surface area contributed by atoms with Gasteiger partial charge in [0.05, 0.1) is 5.56 Å². The van der Waals surface area contributed by atoms with Crippen LogP contribution in [-0.4, -0.2) is 17.9 Å². The highest BCUT2D eigenvalue weighted by Crippen LogP contribution is 2.29. The van der Waals surface area contributed by atoms with Crippen molar-refractivity contribution < 1.29 is 22.8 Å². The number of carbonyl (C=O) groups excluding carboxylic acids is 2. The van der Waals surface area contributed by atoms with Crippen LogP contribution >= 0.6 is 0 Å². The Morgan fingerprint density at radius 1 is 0.774 bits per heavy atom. The number of benzene rings is 3. The average molecular weight is 426 g/mol. The molecule has 160 valence electrons. The molecule has 0 aromatic heterocycles. The minimum Gasteiger partial charge on any atom is -0.350 e. The molecule has 31 heavy (non-hydrogen) atoms. The Morgan fingerprint density at radius 3 is 1.94 bits per heavy atom. The van der Waals surface area contributed by atoms with Crippen molar-refractivity contribution in [3.8, 4) is 0 Å². The second-order valence-corrected chi connectivity index (χ2v) is 6.99. The summed E-state index contributed by atoms with van der Waals surface area (Å²) in [6.45, 7) is 0.0451. The van der Waals surface area contributed by atoms with E-state index in [2.05, 4.69) is 10.6 Å². The molecule has 1 unspecified atom stereocenters. The van der Waals surface area contributed by atoms with E-state index in [-0.39, 0.29) is 18.9 Å². The molecule has 0 aliphatic carbocycles. The third-order valence-electron chi connectivity index (χ3n) is 4.69. The fraction of sp³-hybridized carbons (Fsp3) is 0.167. The number of hydrogen-bond acceptors (Lipinski definition) is 2. The fourth-order valence-electron chi connectivity index (χ4n) is 3.01. The summed E-state index contributed by atoms with van der Waals surface area (Å²) in [4.78, 5) is 25.4. The van der Waals surface area contributed by atoms with Gasteiger partial charge >= 0.3 is 6.18 Å². The first-order chi connectivity index (χ1) is 14.8. The lowest BCUT2D eigenvalue weighted by Gasteiger charge is -2.19. The summed E-state index contributed by atoms with van der Waals surface area (Å²) in [6.07, 6.45) is -4.14. The van der Waals surface area contributed by atoms with Crippen molar-refractivity contribution in [3.05, 3.63) is 107 Å². The van der Waals surface area contributed by atoms with Gasteiger partial charge in [0, 0.05) is 18.5 Å². The number of nitrogens with one attached hydrogen (secondary N) is 2. The first-order valence-corrected chi connectivity index (χ1v) is 9.66. The zero-order chi connectivity index (χ0) is 22.3. The molecule has 3 aromatic carbocycles. The third-order valence-corrected chi connectivity index (χ3v) is 4.69. The number of alkyl halides is 3. The van der Waals surface area contributed by atoms with Gasteiger partial charge in [0.2, 0.25) is 5.91 Å². The molecule has 1 atom stereocenters. The quantitative estimate of drug-likeness (QED) is 0.590. The van der Waals surface area contributed by atoms with Crippen LogP contribution in [0.5, 0.6) is 0 Å².